The van der Waals surface area contributed by atoms with Gasteiger partial charge in [0.25, 0.3) is 0 Å². The third kappa shape index (κ3) is 2.58. The topological polar surface area (TPSA) is 0 Å². The Hall–Kier alpha value is -1.30. The zero-order valence-electron chi connectivity index (χ0n) is 11.8. The van der Waals surface area contributed by atoms with E-state index in [0.29, 0.717) is 5.92 Å². The van der Waals surface area contributed by atoms with Crippen LogP contribution >= 0.6 is 0 Å². The smallest absolute Gasteiger partial charge is 0.0170 e. The van der Waals surface area contributed by atoms with Crippen molar-refractivity contribution in [3.63, 3.8) is 0 Å². The zero-order valence-corrected chi connectivity index (χ0v) is 11.8. The van der Waals surface area contributed by atoms with Crippen LogP contribution in [-0.4, -0.2) is 0 Å². The average molecular weight is 240 g/mol. The molecule has 0 amide bonds. The summed E-state index contributed by atoms with van der Waals surface area (Å²) in [6, 6.07) is 10.9. The highest BCUT2D eigenvalue weighted by molar-refractivity contribution is 5.39. The van der Waals surface area contributed by atoms with Crippen LogP contribution in [-0.2, 0) is 5.41 Å². The van der Waals surface area contributed by atoms with Crippen molar-refractivity contribution < 1.29 is 0 Å². The molecule has 1 aromatic carbocycles. The van der Waals surface area contributed by atoms with Gasteiger partial charge in [0.05, 0.1) is 0 Å². The number of hydrogen-bond donors (Lipinski definition) is 0. The van der Waals surface area contributed by atoms with Gasteiger partial charge in [-0.1, -0.05) is 80.8 Å². The van der Waals surface area contributed by atoms with E-state index in [-0.39, 0.29) is 5.41 Å². The van der Waals surface area contributed by atoms with Gasteiger partial charge in [0, 0.05) is 5.41 Å². The molecule has 2 unspecified atom stereocenters. The molecule has 1 aliphatic rings. The van der Waals surface area contributed by atoms with Crippen molar-refractivity contribution in [2.75, 3.05) is 0 Å². The molecular formula is C18H24. The summed E-state index contributed by atoms with van der Waals surface area (Å²) in [5, 5.41) is 0. The Balaban J connectivity index is 2.31. The fourth-order valence-electron chi connectivity index (χ4n) is 2.89. The van der Waals surface area contributed by atoms with Gasteiger partial charge in [-0.05, 0) is 24.8 Å². The van der Waals surface area contributed by atoms with E-state index >= 15 is 0 Å². The monoisotopic (exact) mass is 240 g/mol. The first-order valence-electron chi connectivity index (χ1n) is 7.10. The number of allylic oxidation sites excluding steroid dienone is 4. The number of hydrogen-bond acceptors (Lipinski definition) is 0. The second kappa shape index (κ2) is 5.56. The molecule has 0 saturated heterocycles. The van der Waals surface area contributed by atoms with Gasteiger partial charge in [-0.2, -0.15) is 0 Å². The summed E-state index contributed by atoms with van der Waals surface area (Å²) >= 11 is 0. The molecule has 0 saturated carbocycles. The molecule has 0 spiro atoms. The lowest BCUT2D eigenvalue weighted by Gasteiger charge is -2.37. The first kappa shape index (κ1) is 13.1. The molecule has 0 aliphatic heterocycles. The minimum atomic E-state index is 0.163. The Labute approximate surface area is 111 Å². The fourth-order valence-corrected chi connectivity index (χ4v) is 2.89. The molecular weight excluding hydrogens is 216 g/mol. The zero-order chi connectivity index (χ0) is 13.0. The molecule has 0 aromatic heterocycles. The van der Waals surface area contributed by atoms with E-state index in [4.69, 9.17) is 0 Å². The summed E-state index contributed by atoms with van der Waals surface area (Å²) in [6.45, 7) is 6.86. The van der Waals surface area contributed by atoms with Crippen LogP contribution in [0.3, 0.4) is 0 Å². The van der Waals surface area contributed by atoms with E-state index in [9.17, 15) is 0 Å². The van der Waals surface area contributed by atoms with E-state index in [1.807, 2.05) is 0 Å². The maximum Gasteiger partial charge on any atom is 0.0170 e. The van der Waals surface area contributed by atoms with Crippen LogP contribution in [0.5, 0.6) is 0 Å². The van der Waals surface area contributed by atoms with Crippen molar-refractivity contribution in [2.45, 2.75) is 45.4 Å². The summed E-state index contributed by atoms with van der Waals surface area (Å²) in [5.74, 6) is 0.629. The SMILES string of the molecule is CCCCC1C=C(C)C=CC1(C)c1ccccc1. The van der Waals surface area contributed by atoms with E-state index in [2.05, 4.69) is 69.3 Å². The molecule has 0 nitrogen and oxygen atoms in total. The molecule has 0 heterocycles. The first-order chi connectivity index (χ1) is 8.66. The summed E-state index contributed by atoms with van der Waals surface area (Å²) in [5.41, 5.74) is 3.01. The van der Waals surface area contributed by atoms with Crippen molar-refractivity contribution in [2.24, 2.45) is 5.92 Å². The van der Waals surface area contributed by atoms with E-state index < -0.39 is 0 Å². The Bertz CT molecular complexity index is 438. The third-order valence-corrected chi connectivity index (χ3v) is 4.19. The fraction of sp³-hybridized carbons (Fsp3) is 0.444. The van der Waals surface area contributed by atoms with Gasteiger partial charge in [-0.25, -0.2) is 0 Å². The lowest BCUT2D eigenvalue weighted by molar-refractivity contribution is 0.387. The number of unbranched alkanes of at least 4 members (excludes halogenated alkanes) is 1. The predicted octanol–water partition coefficient (Wildman–Crippen LogP) is 5.27. The lowest BCUT2D eigenvalue weighted by Crippen LogP contribution is -2.30. The van der Waals surface area contributed by atoms with Crippen LogP contribution in [0, 0.1) is 5.92 Å². The molecule has 0 fully saturated rings. The second-order valence-electron chi connectivity index (χ2n) is 5.64. The Morgan fingerprint density at radius 3 is 2.56 bits per heavy atom. The van der Waals surface area contributed by atoms with Crippen molar-refractivity contribution in [1.29, 1.82) is 0 Å². The van der Waals surface area contributed by atoms with Gasteiger partial charge < -0.3 is 0 Å². The highest BCUT2D eigenvalue weighted by Gasteiger charge is 2.33. The van der Waals surface area contributed by atoms with Crippen LogP contribution in [0.1, 0.15) is 45.6 Å². The summed E-state index contributed by atoms with van der Waals surface area (Å²) in [7, 11) is 0. The van der Waals surface area contributed by atoms with Crippen molar-refractivity contribution >= 4 is 0 Å². The summed E-state index contributed by atoms with van der Waals surface area (Å²) in [4.78, 5) is 0. The number of benzene rings is 1. The quantitative estimate of drug-likeness (QED) is 0.673. The van der Waals surface area contributed by atoms with Crippen LogP contribution in [0.2, 0.25) is 0 Å². The van der Waals surface area contributed by atoms with Crippen molar-refractivity contribution in [3.8, 4) is 0 Å². The van der Waals surface area contributed by atoms with Crippen LogP contribution in [0.4, 0.5) is 0 Å². The van der Waals surface area contributed by atoms with Gasteiger partial charge in [0.15, 0.2) is 0 Å². The highest BCUT2D eigenvalue weighted by atomic mass is 14.4. The average Bonchev–Trinajstić information content (AvgIpc) is 2.41. The van der Waals surface area contributed by atoms with Gasteiger partial charge in [-0.3, -0.25) is 0 Å². The third-order valence-electron chi connectivity index (χ3n) is 4.19. The molecule has 0 N–H and O–H groups in total. The van der Waals surface area contributed by atoms with Crippen molar-refractivity contribution in [1.82, 2.24) is 0 Å². The summed E-state index contributed by atoms with van der Waals surface area (Å²) < 4.78 is 0. The van der Waals surface area contributed by atoms with Gasteiger partial charge >= 0.3 is 0 Å². The Kier molecular flexibility index (Phi) is 4.06. The van der Waals surface area contributed by atoms with Crippen LogP contribution in [0.25, 0.3) is 0 Å². The minimum Gasteiger partial charge on any atom is -0.0773 e. The lowest BCUT2D eigenvalue weighted by atomic mass is 9.67. The molecule has 2 rings (SSSR count). The van der Waals surface area contributed by atoms with Gasteiger partial charge in [0.1, 0.15) is 0 Å². The van der Waals surface area contributed by atoms with E-state index in [0.717, 1.165) is 0 Å². The molecule has 0 heteroatoms. The Morgan fingerprint density at radius 1 is 1.17 bits per heavy atom. The molecule has 0 bridgehead atoms. The van der Waals surface area contributed by atoms with E-state index in [1.165, 1.54) is 30.4 Å². The minimum absolute atomic E-state index is 0.163. The normalized spacial score (nSPS) is 27.1. The molecule has 1 aliphatic carbocycles. The van der Waals surface area contributed by atoms with Crippen molar-refractivity contribution in [3.05, 3.63) is 59.7 Å². The highest BCUT2D eigenvalue weighted by Crippen LogP contribution is 2.40. The first-order valence-corrected chi connectivity index (χ1v) is 7.10. The molecule has 18 heavy (non-hydrogen) atoms. The molecule has 0 radical (unpaired) electrons. The molecule has 96 valence electrons. The largest absolute Gasteiger partial charge is 0.0773 e. The predicted molar refractivity (Wildman–Crippen MR) is 79.7 cm³/mol. The summed E-state index contributed by atoms with van der Waals surface area (Å²) in [6.07, 6.45) is 11.0. The van der Waals surface area contributed by atoms with Gasteiger partial charge in [-0.15, -0.1) is 0 Å². The number of rotatable bonds is 4. The molecule has 2 atom stereocenters. The van der Waals surface area contributed by atoms with Crippen LogP contribution < -0.4 is 0 Å². The standard InChI is InChI=1S/C18H24/c1-4-5-9-17-14-15(2)12-13-18(17,3)16-10-7-6-8-11-16/h6-8,10-14,17H,4-5,9H2,1-3H3. The maximum absolute atomic E-state index is 2.46. The second-order valence-corrected chi connectivity index (χ2v) is 5.64. The van der Waals surface area contributed by atoms with Crippen LogP contribution in [0.15, 0.2) is 54.1 Å². The molecule has 1 aromatic rings. The van der Waals surface area contributed by atoms with Gasteiger partial charge in [0.2, 0.25) is 0 Å². The maximum atomic E-state index is 2.46. The Morgan fingerprint density at radius 2 is 1.89 bits per heavy atom. The van der Waals surface area contributed by atoms with E-state index in [1.54, 1.807) is 0 Å².